The summed E-state index contributed by atoms with van der Waals surface area (Å²) in [5.41, 5.74) is -0.527. The van der Waals surface area contributed by atoms with Crippen LogP contribution in [0.1, 0.15) is 40.0 Å². The Kier molecular flexibility index (Phi) is 5.83. The molecule has 1 amide bonds. The summed E-state index contributed by atoms with van der Waals surface area (Å²) in [6, 6.07) is 0. The van der Waals surface area contributed by atoms with Crippen LogP contribution in [0.4, 0.5) is 4.79 Å². The second-order valence-electron chi connectivity index (χ2n) is 6.91. The zero-order chi connectivity index (χ0) is 15.4. The molecule has 0 radical (unpaired) electrons. The third-order valence-electron chi connectivity index (χ3n) is 3.77. The first-order chi connectivity index (χ1) is 9.17. The van der Waals surface area contributed by atoms with E-state index in [9.17, 15) is 4.79 Å². The van der Waals surface area contributed by atoms with Gasteiger partial charge in [-0.3, -0.25) is 0 Å². The second-order valence-corrected chi connectivity index (χ2v) is 6.91. The summed E-state index contributed by atoms with van der Waals surface area (Å²) in [6.07, 6.45) is 2.53. The van der Waals surface area contributed by atoms with E-state index in [2.05, 4.69) is 19.0 Å². The van der Waals surface area contributed by atoms with Crippen molar-refractivity contribution in [1.29, 1.82) is 0 Å². The van der Waals surface area contributed by atoms with Crippen molar-refractivity contribution in [1.82, 2.24) is 9.80 Å². The fourth-order valence-electron chi connectivity index (χ4n) is 2.41. The van der Waals surface area contributed by atoms with Gasteiger partial charge in [0.2, 0.25) is 0 Å². The van der Waals surface area contributed by atoms with Crippen LogP contribution in [-0.4, -0.2) is 67.9 Å². The van der Waals surface area contributed by atoms with Crippen LogP contribution in [0.2, 0.25) is 0 Å². The third kappa shape index (κ3) is 5.29. The predicted molar refractivity (Wildman–Crippen MR) is 80.0 cm³/mol. The Morgan fingerprint density at radius 2 is 1.80 bits per heavy atom. The molecule has 0 aromatic carbocycles. The SMILES string of the molecule is COC1(CCN(C)C)CCN(C(=O)OC(C)(C)C)CC1. The minimum atomic E-state index is -0.433. The van der Waals surface area contributed by atoms with Crippen LogP contribution in [0, 0.1) is 0 Å². The van der Waals surface area contributed by atoms with Gasteiger partial charge in [-0.05, 0) is 54.1 Å². The molecule has 1 rings (SSSR count). The third-order valence-corrected chi connectivity index (χ3v) is 3.77. The van der Waals surface area contributed by atoms with Crippen LogP contribution in [0.25, 0.3) is 0 Å². The van der Waals surface area contributed by atoms with Crippen molar-refractivity contribution in [3.8, 4) is 0 Å². The van der Waals surface area contributed by atoms with Crippen molar-refractivity contribution in [2.45, 2.75) is 51.2 Å². The van der Waals surface area contributed by atoms with E-state index in [4.69, 9.17) is 9.47 Å². The molecule has 0 bridgehead atoms. The summed E-state index contributed by atoms with van der Waals surface area (Å²) in [5.74, 6) is 0. The van der Waals surface area contributed by atoms with Gasteiger partial charge in [0.05, 0.1) is 5.60 Å². The molecule has 1 aliphatic rings. The van der Waals surface area contributed by atoms with Gasteiger partial charge in [0.25, 0.3) is 0 Å². The molecule has 0 N–H and O–H groups in total. The molecule has 118 valence electrons. The average molecular weight is 286 g/mol. The number of hydrogen-bond acceptors (Lipinski definition) is 4. The van der Waals surface area contributed by atoms with E-state index in [1.807, 2.05) is 20.8 Å². The van der Waals surface area contributed by atoms with E-state index in [1.54, 1.807) is 12.0 Å². The zero-order valence-electron chi connectivity index (χ0n) is 13.9. The number of piperidine rings is 1. The largest absolute Gasteiger partial charge is 0.444 e. The summed E-state index contributed by atoms with van der Waals surface area (Å²) >= 11 is 0. The number of carbonyl (C=O) groups is 1. The van der Waals surface area contributed by atoms with E-state index >= 15 is 0 Å². The first-order valence-corrected chi connectivity index (χ1v) is 7.35. The Balaban J connectivity index is 2.50. The lowest BCUT2D eigenvalue weighted by Crippen LogP contribution is -2.49. The number of hydrogen-bond donors (Lipinski definition) is 0. The lowest BCUT2D eigenvalue weighted by atomic mass is 9.88. The lowest BCUT2D eigenvalue weighted by molar-refractivity contribution is -0.0676. The highest BCUT2D eigenvalue weighted by Gasteiger charge is 2.36. The number of amides is 1. The minimum Gasteiger partial charge on any atom is -0.444 e. The van der Waals surface area contributed by atoms with E-state index in [0.29, 0.717) is 13.1 Å². The summed E-state index contributed by atoms with van der Waals surface area (Å²) in [5, 5.41) is 0. The van der Waals surface area contributed by atoms with Gasteiger partial charge >= 0.3 is 6.09 Å². The van der Waals surface area contributed by atoms with Crippen molar-refractivity contribution >= 4 is 6.09 Å². The first-order valence-electron chi connectivity index (χ1n) is 7.35. The Bertz CT molecular complexity index is 316. The summed E-state index contributed by atoms with van der Waals surface area (Å²) < 4.78 is 11.2. The van der Waals surface area contributed by atoms with Crippen LogP contribution in [0.5, 0.6) is 0 Å². The van der Waals surface area contributed by atoms with E-state index < -0.39 is 5.60 Å². The summed E-state index contributed by atoms with van der Waals surface area (Å²) in [4.78, 5) is 16.0. The summed E-state index contributed by atoms with van der Waals surface area (Å²) in [6.45, 7) is 8.09. The smallest absolute Gasteiger partial charge is 0.410 e. The summed E-state index contributed by atoms with van der Waals surface area (Å²) in [7, 11) is 5.91. The molecule has 20 heavy (non-hydrogen) atoms. The molecule has 1 fully saturated rings. The van der Waals surface area contributed by atoms with E-state index in [1.165, 1.54) is 0 Å². The standard InChI is InChI=1S/C15H30N2O3/c1-14(2,3)20-13(18)17-11-8-15(19-6,9-12-17)7-10-16(4)5/h7-12H2,1-6H3. The molecule has 0 unspecified atom stereocenters. The molecular formula is C15H30N2O3. The topological polar surface area (TPSA) is 42.0 Å². The Morgan fingerprint density at radius 3 is 2.20 bits per heavy atom. The zero-order valence-corrected chi connectivity index (χ0v) is 13.9. The number of likely N-dealkylation sites (tertiary alicyclic amines) is 1. The highest BCUT2D eigenvalue weighted by Crippen LogP contribution is 2.30. The highest BCUT2D eigenvalue weighted by atomic mass is 16.6. The first kappa shape index (κ1) is 17.2. The van der Waals surface area contributed by atoms with Crippen molar-refractivity contribution < 1.29 is 14.3 Å². The molecule has 1 saturated heterocycles. The number of rotatable bonds is 4. The normalized spacial score (nSPS) is 19.2. The van der Waals surface area contributed by atoms with Gasteiger partial charge in [0.15, 0.2) is 0 Å². The molecule has 5 heteroatoms. The Hall–Kier alpha value is -0.810. The van der Waals surface area contributed by atoms with E-state index in [-0.39, 0.29) is 11.7 Å². The van der Waals surface area contributed by atoms with Gasteiger partial charge in [-0.2, -0.15) is 0 Å². The lowest BCUT2D eigenvalue weighted by Gasteiger charge is -2.41. The maximum Gasteiger partial charge on any atom is 0.410 e. The Morgan fingerprint density at radius 1 is 1.25 bits per heavy atom. The fourth-order valence-corrected chi connectivity index (χ4v) is 2.41. The quantitative estimate of drug-likeness (QED) is 0.795. The number of methoxy groups -OCH3 is 1. The number of ether oxygens (including phenoxy) is 2. The molecule has 5 nitrogen and oxygen atoms in total. The molecular weight excluding hydrogens is 256 g/mol. The minimum absolute atomic E-state index is 0.0945. The van der Waals surface area contributed by atoms with E-state index in [0.717, 1.165) is 25.8 Å². The maximum absolute atomic E-state index is 12.0. The monoisotopic (exact) mass is 286 g/mol. The molecule has 0 saturated carbocycles. The van der Waals surface area contributed by atoms with Crippen molar-refractivity contribution in [3.63, 3.8) is 0 Å². The molecule has 1 heterocycles. The predicted octanol–water partition coefficient (Wildman–Crippen LogP) is 2.35. The van der Waals surface area contributed by atoms with Gasteiger partial charge in [0, 0.05) is 26.7 Å². The van der Waals surface area contributed by atoms with Crippen LogP contribution in [0.15, 0.2) is 0 Å². The molecule has 0 aromatic heterocycles. The number of nitrogens with zero attached hydrogens (tertiary/aromatic N) is 2. The molecule has 0 spiro atoms. The second kappa shape index (κ2) is 6.76. The van der Waals surface area contributed by atoms with Gasteiger partial charge in [-0.1, -0.05) is 0 Å². The highest BCUT2D eigenvalue weighted by molar-refractivity contribution is 5.68. The van der Waals surface area contributed by atoms with Gasteiger partial charge < -0.3 is 19.3 Å². The number of carbonyl (C=O) groups excluding carboxylic acids is 1. The van der Waals surface area contributed by atoms with Crippen molar-refractivity contribution in [2.24, 2.45) is 0 Å². The van der Waals surface area contributed by atoms with Crippen LogP contribution in [0.3, 0.4) is 0 Å². The maximum atomic E-state index is 12.0. The molecule has 0 aromatic rings. The van der Waals surface area contributed by atoms with Gasteiger partial charge in [-0.25, -0.2) is 4.79 Å². The molecule has 0 atom stereocenters. The van der Waals surface area contributed by atoms with Crippen LogP contribution < -0.4 is 0 Å². The van der Waals surface area contributed by atoms with Gasteiger partial charge in [0.1, 0.15) is 5.60 Å². The average Bonchev–Trinajstić information content (AvgIpc) is 2.35. The van der Waals surface area contributed by atoms with Crippen LogP contribution >= 0.6 is 0 Å². The molecule has 0 aliphatic carbocycles. The Labute approximate surface area is 123 Å². The fraction of sp³-hybridized carbons (Fsp3) is 0.933. The van der Waals surface area contributed by atoms with Gasteiger partial charge in [-0.15, -0.1) is 0 Å². The van der Waals surface area contributed by atoms with Crippen LogP contribution in [-0.2, 0) is 9.47 Å². The van der Waals surface area contributed by atoms with Crippen molar-refractivity contribution in [3.05, 3.63) is 0 Å². The molecule has 1 aliphatic heterocycles. The van der Waals surface area contributed by atoms with Crippen molar-refractivity contribution in [2.75, 3.05) is 40.8 Å².